The van der Waals surface area contributed by atoms with Crippen LogP contribution in [-0.4, -0.2) is 12.6 Å². The van der Waals surface area contributed by atoms with Crippen LogP contribution in [0.2, 0.25) is 0 Å². The third-order valence-electron chi connectivity index (χ3n) is 1.52. The lowest BCUT2D eigenvalue weighted by Gasteiger charge is -2.22. The first-order chi connectivity index (χ1) is 4.34. The van der Waals surface area contributed by atoms with Crippen molar-refractivity contribution in [1.29, 1.82) is 0 Å². The summed E-state index contributed by atoms with van der Waals surface area (Å²) in [5, 5.41) is 0. The van der Waals surface area contributed by atoms with E-state index < -0.39 is 0 Å². The quantitative estimate of drug-likeness (QED) is 0.520. The molecule has 2 heteroatoms. The minimum Gasteiger partial charge on any atom is -0.466 e. The average Bonchev–Trinajstić information content (AvgIpc) is 1.60. The standard InChI is InChI=1S/C7H11O2/c1-2-9-7(8)6-4-3-5-6/h4,6H,2-3,5H2,1H3. The molecular weight excluding hydrogens is 116 g/mol. The number of esters is 1. The maximum absolute atomic E-state index is 10.8. The zero-order valence-electron chi connectivity index (χ0n) is 5.59. The van der Waals surface area contributed by atoms with Gasteiger partial charge in [-0.25, -0.2) is 0 Å². The van der Waals surface area contributed by atoms with Gasteiger partial charge in [0, 0.05) is 0 Å². The van der Waals surface area contributed by atoms with E-state index >= 15 is 0 Å². The monoisotopic (exact) mass is 127 g/mol. The van der Waals surface area contributed by atoms with Crippen LogP contribution in [0.25, 0.3) is 0 Å². The fourth-order valence-corrected chi connectivity index (χ4v) is 0.797. The van der Waals surface area contributed by atoms with Crippen molar-refractivity contribution >= 4 is 5.97 Å². The lowest BCUT2D eigenvalue weighted by Crippen LogP contribution is -2.24. The summed E-state index contributed by atoms with van der Waals surface area (Å²) >= 11 is 0. The number of ether oxygens (including phenoxy) is 1. The predicted octanol–water partition coefficient (Wildman–Crippen LogP) is 1.16. The van der Waals surface area contributed by atoms with Crippen molar-refractivity contribution in [1.82, 2.24) is 0 Å². The van der Waals surface area contributed by atoms with Crippen molar-refractivity contribution in [2.75, 3.05) is 6.61 Å². The largest absolute Gasteiger partial charge is 0.466 e. The van der Waals surface area contributed by atoms with Crippen molar-refractivity contribution in [3.63, 3.8) is 0 Å². The molecule has 0 spiro atoms. The van der Waals surface area contributed by atoms with E-state index in [4.69, 9.17) is 4.74 Å². The molecule has 1 rings (SSSR count). The second-order valence-corrected chi connectivity index (χ2v) is 2.17. The van der Waals surface area contributed by atoms with Crippen LogP contribution in [0, 0.1) is 12.3 Å². The highest BCUT2D eigenvalue weighted by atomic mass is 16.5. The molecule has 0 aromatic carbocycles. The normalized spacial score (nSPS) is 18.8. The SMILES string of the molecule is CCOC(=O)C1[CH]CC1. The summed E-state index contributed by atoms with van der Waals surface area (Å²) < 4.78 is 4.78. The molecule has 0 amide bonds. The molecule has 1 atom stereocenters. The molecule has 1 radical (unpaired) electrons. The van der Waals surface area contributed by atoms with Crippen LogP contribution < -0.4 is 0 Å². The molecule has 1 saturated carbocycles. The summed E-state index contributed by atoms with van der Waals surface area (Å²) in [6.45, 7) is 2.33. The lowest BCUT2D eigenvalue weighted by atomic mass is 9.86. The Bertz CT molecular complexity index is 105. The molecular formula is C7H11O2. The number of rotatable bonds is 2. The molecule has 1 unspecified atom stereocenters. The Morgan fingerprint density at radius 3 is 2.89 bits per heavy atom. The van der Waals surface area contributed by atoms with Crippen molar-refractivity contribution in [3.05, 3.63) is 6.42 Å². The smallest absolute Gasteiger partial charge is 0.309 e. The number of hydrogen-bond donors (Lipinski definition) is 0. The Balaban J connectivity index is 2.16. The molecule has 0 heterocycles. The molecule has 0 aromatic rings. The van der Waals surface area contributed by atoms with Gasteiger partial charge in [0.25, 0.3) is 0 Å². The number of carbonyl (C=O) groups excluding carboxylic acids is 1. The summed E-state index contributed by atoms with van der Waals surface area (Å²) in [6, 6.07) is 0. The van der Waals surface area contributed by atoms with E-state index in [1.807, 2.05) is 13.3 Å². The van der Waals surface area contributed by atoms with Crippen LogP contribution >= 0.6 is 0 Å². The number of hydrogen-bond acceptors (Lipinski definition) is 2. The van der Waals surface area contributed by atoms with E-state index in [0.717, 1.165) is 12.8 Å². The van der Waals surface area contributed by atoms with E-state index in [9.17, 15) is 4.79 Å². The first-order valence-electron chi connectivity index (χ1n) is 3.34. The Hall–Kier alpha value is -0.530. The van der Waals surface area contributed by atoms with Gasteiger partial charge in [-0.2, -0.15) is 0 Å². The molecule has 0 saturated heterocycles. The Morgan fingerprint density at radius 1 is 1.89 bits per heavy atom. The van der Waals surface area contributed by atoms with Gasteiger partial charge in [0.2, 0.25) is 0 Å². The zero-order valence-corrected chi connectivity index (χ0v) is 5.59. The van der Waals surface area contributed by atoms with Crippen molar-refractivity contribution in [2.45, 2.75) is 19.8 Å². The molecule has 0 N–H and O–H groups in total. The van der Waals surface area contributed by atoms with E-state index in [2.05, 4.69) is 0 Å². The minimum atomic E-state index is -0.0521. The first kappa shape index (κ1) is 6.59. The van der Waals surface area contributed by atoms with Crippen molar-refractivity contribution in [2.24, 2.45) is 5.92 Å². The highest BCUT2D eigenvalue weighted by Gasteiger charge is 2.26. The molecule has 2 nitrogen and oxygen atoms in total. The zero-order chi connectivity index (χ0) is 6.69. The third-order valence-corrected chi connectivity index (χ3v) is 1.52. The molecule has 51 valence electrons. The third kappa shape index (κ3) is 1.44. The van der Waals surface area contributed by atoms with Crippen LogP contribution in [0.4, 0.5) is 0 Å². The van der Waals surface area contributed by atoms with E-state index in [0.29, 0.717) is 6.61 Å². The topological polar surface area (TPSA) is 26.3 Å². The maximum Gasteiger partial charge on any atom is 0.309 e. The molecule has 1 fully saturated rings. The maximum atomic E-state index is 10.8. The summed E-state index contributed by atoms with van der Waals surface area (Å²) in [6.07, 6.45) is 4.06. The van der Waals surface area contributed by atoms with Gasteiger partial charge >= 0.3 is 5.97 Å². The van der Waals surface area contributed by atoms with Gasteiger partial charge in [-0.1, -0.05) is 0 Å². The van der Waals surface area contributed by atoms with Crippen molar-refractivity contribution < 1.29 is 9.53 Å². The molecule has 0 bridgehead atoms. The summed E-state index contributed by atoms with van der Waals surface area (Å²) in [7, 11) is 0. The Morgan fingerprint density at radius 2 is 2.56 bits per heavy atom. The Kier molecular flexibility index (Phi) is 2.09. The van der Waals surface area contributed by atoms with Crippen LogP contribution in [0.5, 0.6) is 0 Å². The minimum absolute atomic E-state index is 0.0521. The summed E-state index contributed by atoms with van der Waals surface area (Å²) in [5.74, 6) is 0.0636. The van der Waals surface area contributed by atoms with Gasteiger partial charge < -0.3 is 4.74 Å². The molecule has 1 aliphatic rings. The predicted molar refractivity (Wildman–Crippen MR) is 33.7 cm³/mol. The van der Waals surface area contributed by atoms with Gasteiger partial charge in [0.1, 0.15) is 0 Å². The summed E-state index contributed by atoms with van der Waals surface area (Å²) in [4.78, 5) is 10.8. The fourth-order valence-electron chi connectivity index (χ4n) is 0.797. The highest BCUT2D eigenvalue weighted by Crippen LogP contribution is 2.25. The second-order valence-electron chi connectivity index (χ2n) is 2.17. The van der Waals surface area contributed by atoms with Crippen LogP contribution in [0.1, 0.15) is 19.8 Å². The van der Waals surface area contributed by atoms with Gasteiger partial charge in [-0.15, -0.1) is 0 Å². The van der Waals surface area contributed by atoms with E-state index in [1.54, 1.807) is 0 Å². The molecule has 1 aliphatic carbocycles. The Labute approximate surface area is 55.2 Å². The highest BCUT2D eigenvalue weighted by molar-refractivity contribution is 5.75. The van der Waals surface area contributed by atoms with Gasteiger partial charge in [-0.05, 0) is 26.2 Å². The van der Waals surface area contributed by atoms with Crippen LogP contribution in [0.3, 0.4) is 0 Å². The van der Waals surface area contributed by atoms with Gasteiger partial charge in [-0.3, -0.25) is 4.79 Å². The first-order valence-corrected chi connectivity index (χ1v) is 3.34. The average molecular weight is 127 g/mol. The summed E-state index contributed by atoms with van der Waals surface area (Å²) in [5.41, 5.74) is 0. The van der Waals surface area contributed by atoms with Gasteiger partial charge in [0.05, 0.1) is 12.5 Å². The van der Waals surface area contributed by atoms with Crippen LogP contribution in [0.15, 0.2) is 0 Å². The fraction of sp³-hybridized carbons (Fsp3) is 0.714. The van der Waals surface area contributed by atoms with E-state index in [1.165, 1.54) is 0 Å². The number of carbonyl (C=O) groups is 1. The van der Waals surface area contributed by atoms with Gasteiger partial charge in [0.15, 0.2) is 0 Å². The second kappa shape index (κ2) is 2.85. The van der Waals surface area contributed by atoms with Crippen molar-refractivity contribution in [3.8, 4) is 0 Å². The molecule has 9 heavy (non-hydrogen) atoms. The van der Waals surface area contributed by atoms with E-state index in [-0.39, 0.29) is 11.9 Å². The van der Waals surface area contributed by atoms with Crippen LogP contribution in [-0.2, 0) is 9.53 Å². The lowest BCUT2D eigenvalue weighted by molar-refractivity contribution is -0.148. The molecule has 0 aliphatic heterocycles. The molecule has 0 aromatic heterocycles.